The molecule has 0 aromatic heterocycles. The van der Waals surface area contributed by atoms with Gasteiger partial charge in [0.15, 0.2) is 0 Å². The lowest BCUT2D eigenvalue weighted by molar-refractivity contribution is -0.199. The molecule has 0 radical (unpaired) electrons. The van der Waals surface area contributed by atoms with Gasteiger partial charge in [-0.15, -0.1) is 12.4 Å². The van der Waals surface area contributed by atoms with Crippen LogP contribution in [0.3, 0.4) is 0 Å². The SMILES string of the molecule is CC1(C)[C@@H]2C[C@H]3OB([C@H](Cc4ccccc4)NC(=O)[C@H](CCCCN)NCC(F)(F)F)O[C@@]3(C)[C@H]1C2.Cl. The van der Waals surface area contributed by atoms with Gasteiger partial charge in [-0.3, -0.25) is 10.1 Å². The molecule has 3 saturated carbocycles. The second kappa shape index (κ2) is 11.8. The molecule has 4 aliphatic rings. The van der Waals surface area contributed by atoms with E-state index in [2.05, 4.69) is 31.4 Å². The van der Waals surface area contributed by atoms with Crippen molar-refractivity contribution in [2.75, 3.05) is 13.1 Å². The summed E-state index contributed by atoms with van der Waals surface area (Å²) in [5.41, 5.74) is 6.27. The minimum Gasteiger partial charge on any atom is -0.404 e. The van der Waals surface area contributed by atoms with Crippen LogP contribution in [0, 0.1) is 17.3 Å². The zero-order valence-corrected chi connectivity index (χ0v) is 22.7. The van der Waals surface area contributed by atoms with Crippen molar-refractivity contribution in [1.82, 2.24) is 10.6 Å². The number of unbranched alkanes of at least 4 members (excludes halogenated alkanes) is 1. The van der Waals surface area contributed by atoms with Gasteiger partial charge >= 0.3 is 13.3 Å². The Labute approximate surface area is 224 Å². The number of rotatable bonds is 11. The van der Waals surface area contributed by atoms with E-state index in [-0.39, 0.29) is 30.3 Å². The van der Waals surface area contributed by atoms with Gasteiger partial charge in [-0.25, -0.2) is 0 Å². The Bertz CT molecular complexity index is 910. The first kappa shape index (κ1) is 30.2. The molecule has 37 heavy (non-hydrogen) atoms. The molecule has 1 amide bonds. The van der Waals surface area contributed by atoms with Gasteiger partial charge < -0.3 is 20.4 Å². The van der Waals surface area contributed by atoms with E-state index in [4.69, 9.17) is 15.0 Å². The molecule has 4 N–H and O–H groups in total. The largest absolute Gasteiger partial charge is 0.482 e. The standard InChI is InChI=1S/C26H39BF3N3O3.ClH/c1-24(2)18-14-20(24)25(3)21(15-18)35-27(36-25)22(13-17-9-5-4-6-10-17)33-23(34)19(11-7-8-12-31)32-16-26(28,29)30;/h4-6,9-10,18-22,32H,7-8,11-16,31H2,1-3H3,(H,33,34);1H/t18-,19-,20-,21+,22-,25-;/m0./s1. The summed E-state index contributed by atoms with van der Waals surface area (Å²) in [6.07, 6.45) is -0.540. The molecular formula is C26H40BClF3N3O3. The number of halogens is 4. The first-order chi connectivity index (χ1) is 16.9. The molecule has 208 valence electrons. The van der Waals surface area contributed by atoms with Crippen LogP contribution in [0.2, 0.25) is 0 Å². The van der Waals surface area contributed by atoms with Gasteiger partial charge in [-0.05, 0) is 68.4 Å². The maximum atomic E-state index is 13.3. The van der Waals surface area contributed by atoms with E-state index in [1.165, 1.54) is 0 Å². The fourth-order valence-electron chi connectivity index (χ4n) is 6.50. The summed E-state index contributed by atoms with van der Waals surface area (Å²) in [4.78, 5) is 13.3. The average molecular weight is 546 g/mol. The summed E-state index contributed by atoms with van der Waals surface area (Å²) >= 11 is 0. The van der Waals surface area contributed by atoms with E-state index in [1.54, 1.807) is 0 Å². The number of nitrogens with two attached hydrogens (primary N) is 1. The Morgan fingerprint density at radius 2 is 1.89 bits per heavy atom. The van der Waals surface area contributed by atoms with E-state index >= 15 is 0 Å². The summed E-state index contributed by atoms with van der Waals surface area (Å²) in [7, 11) is -0.674. The number of benzene rings is 1. The lowest BCUT2D eigenvalue weighted by Crippen LogP contribution is -2.65. The van der Waals surface area contributed by atoms with E-state index in [0.717, 1.165) is 18.4 Å². The topological polar surface area (TPSA) is 85.6 Å². The van der Waals surface area contributed by atoms with Gasteiger partial charge in [0.05, 0.1) is 30.2 Å². The van der Waals surface area contributed by atoms with E-state index < -0.39 is 43.3 Å². The van der Waals surface area contributed by atoms with Crippen LogP contribution in [0.4, 0.5) is 13.2 Å². The second-order valence-corrected chi connectivity index (χ2v) is 11.5. The minimum absolute atomic E-state index is 0. The van der Waals surface area contributed by atoms with Crippen LogP contribution in [-0.2, 0) is 20.5 Å². The summed E-state index contributed by atoms with van der Waals surface area (Å²) in [5, 5.41) is 5.40. The van der Waals surface area contributed by atoms with Gasteiger partial charge in [0.25, 0.3) is 0 Å². The van der Waals surface area contributed by atoms with Crippen molar-refractivity contribution >= 4 is 25.4 Å². The van der Waals surface area contributed by atoms with Crippen LogP contribution in [0.15, 0.2) is 30.3 Å². The number of carbonyl (C=O) groups is 1. The quantitative estimate of drug-likeness (QED) is 0.289. The molecule has 1 heterocycles. The number of alkyl halides is 3. The lowest BCUT2D eigenvalue weighted by Gasteiger charge is -2.64. The zero-order chi connectivity index (χ0) is 26.1. The molecule has 0 unspecified atom stereocenters. The van der Waals surface area contributed by atoms with Crippen molar-refractivity contribution in [1.29, 1.82) is 0 Å². The number of carbonyl (C=O) groups excluding carboxylic acids is 1. The van der Waals surface area contributed by atoms with Gasteiger partial charge in [0.2, 0.25) is 5.91 Å². The minimum atomic E-state index is -4.41. The molecule has 2 bridgehead atoms. The summed E-state index contributed by atoms with van der Waals surface area (Å²) in [5.74, 6) is -0.0609. The predicted octanol–water partition coefficient (Wildman–Crippen LogP) is 4.05. The normalized spacial score (nSPS) is 29.5. The Morgan fingerprint density at radius 3 is 2.51 bits per heavy atom. The van der Waals surface area contributed by atoms with Crippen LogP contribution >= 0.6 is 12.4 Å². The molecule has 3 aliphatic carbocycles. The number of hydrogen-bond acceptors (Lipinski definition) is 5. The first-order valence-corrected chi connectivity index (χ1v) is 13.1. The van der Waals surface area contributed by atoms with Crippen molar-refractivity contribution in [2.24, 2.45) is 23.0 Å². The van der Waals surface area contributed by atoms with Crippen molar-refractivity contribution in [3.05, 3.63) is 35.9 Å². The molecule has 1 saturated heterocycles. The molecule has 6 atom stereocenters. The van der Waals surface area contributed by atoms with Gasteiger partial charge in [-0.2, -0.15) is 13.2 Å². The van der Waals surface area contributed by atoms with Gasteiger partial charge in [-0.1, -0.05) is 50.6 Å². The summed E-state index contributed by atoms with van der Waals surface area (Å²) < 4.78 is 51.8. The van der Waals surface area contributed by atoms with Crippen molar-refractivity contribution in [3.63, 3.8) is 0 Å². The van der Waals surface area contributed by atoms with Crippen LogP contribution < -0.4 is 16.4 Å². The Morgan fingerprint density at radius 1 is 1.19 bits per heavy atom. The maximum Gasteiger partial charge on any atom is 0.482 e. The van der Waals surface area contributed by atoms with Gasteiger partial charge in [0.1, 0.15) is 0 Å². The third kappa shape index (κ3) is 6.64. The third-order valence-corrected chi connectivity index (χ3v) is 8.74. The fraction of sp³-hybridized carbons (Fsp3) is 0.731. The predicted molar refractivity (Wildman–Crippen MR) is 140 cm³/mol. The molecule has 1 aliphatic heterocycles. The summed E-state index contributed by atoms with van der Waals surface area (Å²) in [6, 6.07) is 8.70. The third-order valence-electron chi connectivity index (χ3n) is 8.74. The van der Waals surface area contributed by atoms with Crippen LogP contribution in [0.5, 0.6) is 0 Å². The lowest BCUT2D eigenvalue weighted by atomic mass is 9.43. The average Bonchev–Trinajstić information content (AvgIpc) is 3.18. The van der Waals surface area contributed by atoms with Crippen molar-refractivity contribution in [3.8, 4) is 0 Å². The fourth-order valence-corrected chi connectivity index (χ4v) is 6.50. The smallest absolute Gasteiger partial charge is 0.404 e. The summed E-state index contributed by atoms with van der Waals surface area (Å²) in [6.45, 7) is 5.87. The van der Waals surface area contributed by atoms with Crippen LogP contribution in [0.25, 0.3) is 0 Å². The monoisotopic (exact) mass is 545 g/mol. The number of amides is 1. The van der Waals surface area contributed by atoms with E-state index in [0.29, 0.717) is 37.6 Å². The van der Waals surface area contributed by atoms with Crippen molar-refractivity contribution < 1.29 is 27.3 Å². The van der Waals surface area contributed by atoms with Crippen molar-refractivity contribution in [2.45, 2.75) is 89.2 Å². The molecule has 6 nitrogen and oxygen atoms in total. The first-order valence-electron chi connectivity index (χ1n) is 13.1. The molecule has 11 heteroatoms. The zero-order valence-electron chi connectivity index (χ0n) is 21.9. The molecule has 4 fully saturated rings. The molecule has 1 aromatic carbocycles. The molecule has 5 rings (SSSR count). The Hall–Kier alpha value is -1.33. The number of hydrogen-bond donors (Lipinski definition) is 3. The maximum absolute atomic E-state index is 13.3. The highest BCUT2D eigenvalue weighted by Crippen LogP contribution is 2.65. The van der Waals surface area contributed by atoms with E-state index in [9.17, 15) is 18.0 Å². The van der Waals surface area contributed by atoms with Crippen LogP contribution in [0.1, 0.15) is 58.4 Å². The van der Waals surface area contributed by atoms with Gasteiger partial charge in [0, 0.05) is 0 Å². The van der Waals surface area contributed by atoms with E-state index in [1.807, 2.05) is 30.3 Å². The molecule has 0 spiro atoms. The van der Waals surface area contributed by atoms with Crippen LogP contribution in [-0.4, -0.2) is 56.0 Å². The Balaban J connectivity index is 0.00000380. The highest BCUT2D eigenvalue weighted by Gasteiger charge is 2.68. The number of nitrogens with one attached hydrogen (secondary N) is 2. The Kier molecular flexibility index (Phi) is 9.65. The highest BCUT2D eigenvalue weighted by atomic mass is 35.5. The molecular weight excluding hydrogens is 506 g/mol. The molecule has 1 aromatic rings. The highest BCUT2D eigenvalue weighted by molar-refractivity contribution is 6.48. The second-order valence-electron chi connectivity index (χ2n) is 11.5.